The van der Waals surface area contributed by atoms with Crippen molar-refractivity contribution in [3.05, 3.63) is 74.6 Å². The molecule has 6 rings (SSSR count). The smallest absolute Gasteiger partial charge is 0.352 e. The highest BCUT2D eigenvalue weighted by Crippen LogP contribution is 2.42. The van der Waals surface area contributed by atoms with Crippen molar-refractivity contribution < 1.29 is 33.9 Å². The normalized spacial score (nSPS) is 20.1. The van der Waals surface area contributed by atoms with E-state index in [1.54, 1.807) is 41.8 Å². The van der Waals surface area contributed by atoms with E-state index >= 15 is 0 Å². The number of thioether (sulfide) groups is 2. The Morgan fingerprint density at radius 1 is 1.10 bits per heavy atom. The number of thiophene rings is 1. The minimum Gasteiger partial charge on any atom is -0.477 e. The lowest BCUT2D eigenvalue weighted by Crippen LogP contribution is -2.71. The monoisotopic (exact) mass is 726 g/mol. The van der Waals surface area contributed by atoms with Crippen LogP contribution in [0.15, 0.2) is 68.6 Å². The average molecular weight is 727 g/mol. The number of aryl methyl sites for hydroxylation is 1. The zero-order chi connectivity index (χ0) is 33.9. The number of imide groups is 1. The minimum atomic E-state index is -1.30. The number of fused-ring (bicyclic) bond motifs is 1. The van der Waals surface area contributed by atoms with Gasteiger partial charge in [-0.05, 0) is 29.5 Å². The number of aromatic nitrogens is 2. The number of aliphatic carboxylic acids is 1. The molecule has 0 spiro atoms. The summed E-state index contributed by atoms with van der Waals surface area (Å²) < 4.78 is 0.683. The lowest BCUT2D eigenvalue weighted by Gasteiger charge is -2.49. The summed E-state index contributed by atoms with van der Waals surface area (Å²) in [5, 5.41) is 30.0. The first-order valence-corrected chi connectivity index (χ1v) is 18.0. The van der Waals surface area contributed by atoms with Crippen LogP contribution in [0, 0.1) is 6.92 Å². The second kappa shape index (κ2) is 14.3. The molecule has 2 fully saturated rings. The van der Waals surface area contributed by atoms with Gasteiger partial charge in [-0.2, -0.15) is 5.10 Å². The van der Waals surface area contributed by atoms with Crippen LogP contribution in [0.3, 0.4) is 0 Å². The molecule has 2 saturated heterocycles. The number of β-lactam (4-membered cyclic amide) rings is 1. The largest absolute Gasteiger partial charge is 0.477 e. The maximum atomic E-state index is 13.6. The standard InChI is InChI=1S/C29H26N8O7S4/c1-15-33-34-29(48-15)47-14-17-13-46-26-20(23(39)37(26)21(17)27(42)43)31-22(38)19(18-8-5-11-45-18)32-28(44)35-9-10-36(25(41)24(35)40)30-12-16-6-3-2-4-7-16/h2-8,11-12,19-20,26H,9-10,13-14H2,1H3,(H,31,38)(H,32,44)(H,42,43)/t19?,20-,26?/m1/s1. The third kappa shape index (κ3) is 6.84. The number of hydrogen-bond donors (Lipinski definition) is 3. The van der Waals surface area contributed by atoms with Gasteiger partial charge in [-0.25, -0.2) is 14.6 Å². The molecule has 3 aromatic rings. The summed E-state index contributed by atoms with van der Waals surface area (Å²) in [5.41, 5.74) is 1.15. The number of piperazine rings is 1. The Morgan fingerprint density at radius 3 is 2.58 bits per heavy atom. The first-order chi connectivity index (χ1) is 23.1. The molecule has 0 saturated carbocycles. The molecule has 3 aliphatic heterocycles. The number of rotatable bonds is 10. The van der Waals surface area contributed by atoms with Gasteiger partial charge < -0.3 is 15.7 Å². The van der Waals surface area contributed by atoms with Crippen molar-refractivity contribution in [2.75, 3.05) is 24.6 Å². The third-order valence-electron chi connectivity index (χ3n) is 7.37. The minimum absolute atomic E-state index is 0.0528. The lowest BCUT2D eigenvalue weighted by atomic mass is 10.0. The molecule has 0 aliphatic carbocycles. The van der Waals surface area contributed by atoms with Gasteiger partial charge in [0.25, 0.3) is 5.91 Å². The van der Waals surface area contributed by atoms with E-state index in [4.69, 9.17) is 0 Å². The highest BCUT2D eigenvalue weighted by atomic mass is 32.2. The fourth-order valence-electron chi connectivity index (χ4n) is 5.04. The van der Waals surface area contributed by atoms with Crippen molar-refractivity contribution in [3.63, 3.8) is 0 Å². The fourth-order valence-corrected chi connectivity index (χ4v) is 9.12. The van der Waals surface area contributed by atoms with E-state index in [2.05, 4.69) is 25.9 Å². The Hall–Kier alpha value is -4.59. The Labute approximate surface area is 289 Å². The molecule has 2 unspecified atom stereocenters. The Kier molecular flexibility index (Phi) is 9.90. The Morgan fingerprint density at radius 2 is 1.90 bits per heavy atom. The van der Waals surface area contributed by atoms with Gasteiger partial charge in [0, 0.05) is 16.4 Å². The number of amides is 6. The summed E-state index contributed by atoms with van der Waals surface area (Å²) in [4.78, 5) is 80.4. The molecule has 1 aromatic carbocycles. The first kappa shape index (κ1) is 33.3. The number of carboxylic acid groups (broad SMARTS) is 1. The van der Waals surface area contributed by atoms with Gasteiger partial charge in [-0.15, -0.1) is 33.3 Å². The van der Waals surface area contributed by atoms with Crippen molar-refractivity contribution in [1.29, 1.82) is 0 Å². The van der Waals surface area contributed by atoms with E-state index < -0.39 is 53.1 Å². The van der Waals surface area contributed by atoms with Crippen LogP contribution < -0.4 is 10.6 Å². The van der Waals surface area contributed by atoms with Gasteiger partial charge >= 0.3 is 23.8 Å². The molecule has 19 heteroatoms. The third-order valence-corrected chi connectivity index (χ3v) is 11.7. The number of nitrogens with one attached hydrogen (secondary N) is 2. The fraction of sp³-hybridized carbons (Fsp3) is 0.276. The SMILES string of the molecule is Cc1nnc(SCC2=C(C(=O)O)N3C(=O)[C@@H](NC(=O)C(NC(=O)N4CCN(N=Cc5ccccc5)C(=O)C4=O)c4cccs4)C3SC2)s1. The summed E-state index contributed by atoms with van der Waals surface area (Å²) in [7, 11) is 0. The number of benzene rings is 1. The maximum Gasteiger partial charge on any atom is 0.352 e. The topological polar surface area (TPSA) is 195 Å². The van der Waals surface area contributed by atoms with Gasteiger partial charge in [0.2, 0.25) is 5.91 Å². The summed E-state index contributed by atoms with van der Waals surface area (Å²) in [6, 6.07) is 8.94. The summed E-state index contributed by atoms with van der Waals surface area (Å²) in [5.74, 6) is -4.08. The molecule has 3 atom stereocenters. The summed E-state index contributed by atoms with van der Waals surface area (Å²) in [6.07, 6.45) is 1.43. The highest BCUT2D eigenvalue weighted by molar-refractivity contribution is 8.01. The molecule has 0 radical (unpaired) electrons. The van der Waals surface area contributed by atoms with Crippen molar-refractivity contribution in [3.8, 4) is 0 Å². The number of carbonyl (C=O) groups excluding carboxylic acids is 5. The van der Waals surface area contributed by atoms with E-state index in [0.29, 0.717) is 31.2 Å². The predicted octanol–water partition coefficient (Wildman–Crippen LogP) is 1.89. The Bertz CT molecular complexity index is 1830. The van der Waals surface area contributed by atoms with Gasteiger partial charge in [0.05, 0.1) is 19.3 Å². The van der Waals surface area contributed by atoms with E-state index in [1.165, 1.54) is 57.3 Å². The van der Waals surface area contributed by atoms with Crippen LogP contribution in [0.25, 0.3) is 0 Å². The van der Waals surface area contributed by atoms with Crippen LogP contribution >= 0.6 is 46.2 Å². The molecular weight excluding hydrogens is 701 g/mol. The molecule has 3 N–H and O–H groups in total. The van der Waals surface area contributed by atoms with Crippen LogP contribution in [0.5, 0.6) is 0 Å². The second-order valence-electron chi connectivity index (χ2n) is 10.5. The Balaban J connectivity index is 1.11. The number of nitrogens with zero attached hydrogens (tertiary/aromatic N) is 6. The number of carboxylic acids is 1. The van der Waals surface area contributed by atoms with Crippen molar-refractivity contribution in [2.45, 2.75) is 28.7 Å². The molecule has 3 aliphatic rings. The molecule has 48 heavy (non-hydrogen) atoms. The van der Waals surface area contributed by atoms with Gasteiger partial charge in [-0.1, -0.05) is 59.5 Å². The summed E-state index contributed by atoms with van der Waals surface area (Å²) in [6.45, 7) is 1.60. The van der Waals surface area contributed by atoms with Crippen LogP contribution in [-0.2, 0) is 24.0 Å². The van der Waals surface area contributed by atoms with Crippen LogP contribution in [0.2, 0.25) is 0 Å². The van der Waals surface area contributed by atoms with E-state index in [-0.39, 0.29) is 18.8 Å². The first-order valence-electron chi connectivity index (χ1n) is 14.3. The molecule has 15 nitrogen and oxygen atoms in total. The zero-order valence-corrected chi connectivity index (χ0v) is 28.2. The maximum absolute atomic E-state index is 13.6. The lowest BCUT2D eigenvalue weighted by molar-refractivity contribution is -0.153. The van der Waals surface area contributed by atoms with Crippen LogP contribution in [0.4, 0.5) is 4.79 Å². The molecule has 2 aromatic heterocycles. The van der Waals surface area contributed by atoms with E-state index in [9.17, 15) is 33.9 Å². The average Bonchev–Trinajstić information content (AvgIpc) is 3.77. The predicted molar refractivity (Wildman–Crippen MR) is 178 cm³/mol. The number of hydrazone groups is 1. The van der Waals surface area contributed by atoms with Gasteiger partial charge in [0.15, 0.2) is 4.34 Å². The zero-order valence-electron chi connectivity index (χ0n) is 25.0. The van der Waals surface area contributed by atoms with Crippen molar-refractivity contribution >= 4 is 88.0 Å². The molecule has 5 heterocycles. The number of urea groups is 1. The molecule has 0 bridgehead atoms. The summed E-state index contributed by atoms with van der Waals surface area (Å²) >= 11 is 5.21. The number of carbonyl (C=O) groups is 6. The van der Waals surface area contributed by atoms with Crippen molar-refractivity contribution in [2.24, 2.45) is 5.10 Å². The van der Waals surface area contributed by atoms with Gasteiger partial charge in [-0.3, -0.25) is 29.0 Å². The molecule has 248 valence electrons. The quantitative estimate of drug-likeness (QED) is 0.120. The van der Waals surface area contributed by atoms with Crippen LogP contribution in [-0.4, -0.2) is 108 Å². The molecular formula is C29H26N8O7S4. The van der Waals surface area contributed by atoms with E-state index in [1.807, 2.05) is 13.0 Å². The van der Waals surface area contributed by atoms with Gasteiger partial charge in [0.1, 0.15) is 28.2 Å². The van der Waals surface area contributed by atoms with E-state index in [0.717, 1.165) is 15.6 Å². The van der Waals surface area contributed by atoms with Crippen molar-refractivity contribution in [1.82, 2.24) is 35.6 Å². The number of hydrogen-bond acceptors (Lipinski definition) is 13. The molecule has 6 amide bonds. The van der Waals surface area contributed by atoms with Crippen LogP contribution in [0.1, 0.15) is 21.5 Å². The highest BCUT2D eigenvalue weighted by Gasteiger charge is 2.54. The second-order valence-corrected chi connectivity index (χ2v) is 15.0.